The molecule has 1 aromatic rings. The molecule has 1 aromatic carbocycles. The molecule has 0 unspecified atom stereocenters. The number of hydrogen-bond donors (Lipinski definition) is 1. The number of aryl methyl sites for hydroxylation is 1. The third-order valence-electron chi connectivity index (χ3n) is 1.86. The van der Waals surface area contributed by atoms with Crippen LogP contribution in [0.15, 0.2) is 24.3 Å². The second-order valence-corrected chi connectivity index (χ2v) is 2.83. The Labute approximate surface area is 78.4 Å². The summed E-state index contributed by atoms with van der Waals surface area (Å²) in [5, 5.41) is 0. The number of nitrogens with two attached hydrogens (primary N) is 1. The predicted octanol–water partition coefficient (Wildman–Crippen LogP) is 1.52. The first-order chi connectivity index (χ1) is 6.36. The molecule has 0 bridgehead atoms. The Hall–Kier alpha value is -1.06. The van der Waals surface area contributed by atoms with Crippen LogP contribution in [0.3, 0.4) is 0 Å². The molecule has 0 atom stereocenters. The summed E-state index contributed by atoms with van der Waals surface area (Å²) in [6.07, 6.45) is 1.90. The van der Waals surface area contributed by atoms with Crippen LogP contribution in [0.2, 0.25) is 0 Å². The van der Waals surface area contributed by atoms with E-state index in [0.29, 0.717) is 6.61 Å². The molecule has 0 saturated carbocycles. The zero-order valence-corrected chi connectivity index (χ0v) is 7.82. The lowest BCUT2D eigenvalue weighted by molar-refractivity contribution is 0.135. The second kappa shape index (κ2) is 5.56. The number of ether oxygens (including phenoxy) is 1. The molecule has 1 rings (SSSR count). The van der Waals surface area contributed by atoms with Gasteiger partial charge in [-0.05, 0) is 30.5 Å². The van der Waals surface area contributed by atoms with Gasteiger partial charge in [0.05, 0.1) is 13.7 Å². The van der Waals surface area contributed by atoms with E-state index in [1.807, 2.05) is 18.2 Å². The zero-order valence-electron chi connectivity index (χ0n) is 7.82. The molecule has 0 heterocycles. The summed E-state index contributed by atoms with van der Waals surface area (Å²) in [4.78, 5) is 4.49. The average molecular weight is 181 g/mol. The van der Waals surface area contributed by atoms with Crippen molar-refractivity contribution in [1.29, 1.82) is 0 Å². The Morgan fingerprint density at radius 3 is 2.92 bits per heavy atom. The lowest BCUT2D eigenvalue weighted by Crippen LogP contribution is -2.01. The molecule has 0 aliphatic heterocycles. The van der Waals surface area contributed by atoms with E-state index in [1.54, 1.807) is 7.11 Å². The van der Waals surface area contributed by atoms with Gasteiger partial charge in [0.15, 0.2) is 0 Å². The van der Waals surface area contributed by atoms with E-state index in [-0.39, 0.29) is 0 Å². The van der Waals surface area contributed by atoms with Gasteiger partial charge in [0.2, 0.25) is 0 Å². The van der Waals surface area contributed by atoms with Crippen LogP contribution in [0.1, 0.15) is 12.0 Å². The van der Waals surface area contributed by atoms with E-state index in [9.17, 15) is 0 Å². The Balaban J connectivity index is 2.46. The summed E-state index contributed by atoms with van der Waals surface area (Å²) in [5.74, 6) is 5.82. The fraction of sp³-hybridized carbons (Fsp3) is 0.400. The van der Waals surface area contributed by atoms with E-state index in [1.165, 1.54) is 5.56 Å². The first kappa shape index (κ1) is 10.0. The van der Waals surface area contributed by atoms with Gasteiger partial charge in [-0.1, -0.05) is 12.1 Å². The summed E-state index contributed by atoms with van der Waals surface area (Å²) < 4.78 is 5.11. The zero-order chi connectivity index (χ0) is 9.52. The summed E-state index contributed by atoms with van der Waals surface area (Å²) in [7, 11) is 1.67. The van der Waals surface area contributed by atoms with Gasteiger partial charge in [0.25, 0.3) is 0 Å². The van der Waals surface area contributed by atoms with Crippen molar-refractivity contribution in [3.8, 4) is 5.75 Å². The van der Waals surface area contributed by atoms with Gasteiger partial charge in [-0.3, -0.25) is 0 Å². The minimum atomic E-state index is 0.594. The standard InChI is InChI=1S/C10H15NO2/c1-12-10-6-2-4-9(8-10)5-3-7-13-11/h2,4,6,8H,3,5,7,11H2,1H3. The Bertz CT molecular complexity index is 250. The van der Waals surface area contributed by atoms with Crippen molar-refractivity contribution in [3.05, 3.63) is 29.8 Å². The summed E-state index contributed by atoms with van der Waals surface area (Å²) >= 11 is 0. The molecule has 3 heteroatoms. The summed E-state index contributed by atoms with van der Waals surface area (Å²) in [5.41, 5.74) is 1.25. The Kier molecular flexibility index (Phi) is 4.29. The largest absolute Gasteiger partial charge is 0.497 e. The third kappa shape index (κ3) is 3.44. The molecule has 13 heavy (non-hydrogen) atoms. The van der Waals surface area contributed by atoms with Crippen molar-refractivity contribution in [3.63, 3.8) is 0 Å². The molecule has 0 radical (unpaired) electrons. The van der Waals surface area contributed by atoms with Gasteiger partial charge in [-0.25, -0.2) is 5.90 Å². The van der Waals surface area contributed by atoms with Crippen LogP contribution < -0.4 is 10.6 Å². The number of benzene rings is 1. The van der Waals surface area contributed by atoms with Gasteiger partial charge in [-0.15, -0.1) is 0 Å². The smallest absolute Gasteiger partial charge is 0.119 e. The van der Waals surface area contributed by atoms with Crippen molar-refractivity contribution in [2.75, 3.05) is 13.7 Å². The van der Waals surface area contributed by atoms with Gasteiger partial charge in [-0.2, -0.15) is 0 Å². The van der Waals surface area contributed by atoms with E-state index in [0.717, 1.165) is 18.6 Å². The van der Waals surface area contributed by atoms with Crippen LogP contribution in [0.4, 0.5) is 0 Å². The average Bonchev–Trinajstić information content (AvgIpc) is 2.19. The van der Waals surface area contributed by atoms with E-state index < -0.39 is 0 Å². The summed E-state index contributed by atoms with van der Waals surface area (Å²) in [6, 6.07) is 8.01. The maximum Gasteiger partial charge on any atom is 0.119 e. The molecule has 0 aliphatic carbocycles. The minimum absolute atomic E-state index is 0.594. The van der Waals surface area contributed by atoms with Crippen molar-refractivity contribution >= 4 is 0 Å². The summed E-state index contributed by atoms with van der Waals surface area (Å²) in [6.45, 7) is 0.594. The number of rotatable bonds is 5. The fourth-order valence-corrected chi connectivity index (χ4v) is 1.19. The first-order valence-corrected chi connectivity index (χ1v) is 4.31. The third-order valence-corrected chi connectivity index (χ3v) is 1.86. The SMILES string of the molecule is COc1cccc(CCCON)c1. The normalized spacial score (nSPS) is 10.0. The van der Waals surface area contributed by atoms with Gasteiger partial charge in [0, 0.05) is 0 Å². The van der Waals surface area contributed by atoms with Crippen LogP contribution in [0.25, 0.3) is 0 Å². The molecule has 0 saturated heterocycles. The minimum Gasteiger partial charge on any atom is -0.497 e. The van der Waals surface area contributed by atoms with Crippen LogP contribution >= 0.6 is 0 Å². The second-order valence-electron chi connectivity index (χ2n) is 2.83. The molecule has 0 fully saturated rings. The van der Waals surface area contributed by atoms with Crippen LogP contribution in [-0.2, 0) is 11.3 Å². The van der Waals surface area contributed by atoms with Crippen molar-refractivity contribution in [1.82, 2.24) is 0 Å². The topological polar surface area (TPSA) is 44.5 Å². The number of methoxy groups -OCH3 is 1. The van der Waals surface area contributed by atoms with Crippen LogP contribution in [0.5, 0.6) is 5.75 Å². The molecule has 2 N–H and O–H groups in total. The lowest BCUT2D eigenvalue weighted by Gasteiger charge is -2.03. The molecule has 0 aliphatic rings. The van der Waals surface area contributed by atoms with Crippen molar-refractivity contribution in [2.24, 2.45) is 5.90 Å². The molecule has 0 amide bonds. The molecular weight excluding hydrogens is 166 g/mol. The Morgan fingerprint density at radius 1 is 1.38 bits per heavy atom. The maximum atomic E-state index is 5.11. The fourth-order valence-electron chi connectivity index (χ4n) is 1.19. The van der Waals surface area contributed by atoms with Crippen molar-refractivity contribution < 1.29 is 9.57 Å². The molecular formula is C10H15NO2. The quantitative estimate of drug-likeness (QED) is 0.553. The Morgan fingerprint density at radius 2 is 2.23 bits per heavy atom. The number of hydrogen-bond acceptors (Lipinski definition) is 3. The lowest BCUT2D eigenvalue weighted by atomic mass is 10.1. The maximum absolute atomic E-state index is 5.11. The van der Waals surface area contributed by atoms with Crippen LogP contribution in [0, 0.1) is 0 Å². The van der Waals surface area contributed by atoms with Crippen LogP contribution in [-0.4, -0.2) is 13.7 Å². The van der Waals surface area contributed by atoms with Gasteiger partial charge in [0.1, 0.15) is 5.75 Å². The monoisotopic (exact) mass is 181 g/mol. The first-order valence-electron chi connectivity index (χ1n) is 4.31. The molecule has 72 valence electrons. The van der Waals surface area contributed by atoms with E-state index in [2.05, 4.69) is 10.9 Å². The van der Waals surface area contributed by atoms with Gasteiger partial charge < -0.3 is 9.57 Å². The highest BCUT2D eigenvalue weighted by molar-refractivity contribution is 5.28. The molecule has 0 aromatic heterocycles. The molecule has 3 nitrogen and oxygen atoms in total. The van der Waals surface area contributed by atoms with E-state index in [4.69, 9.17) is 10.6 Å². The van der Waals surface area contributed by atoms with Crippen molar-refractivity contribution in [2.45, 2.75) is 12.8 Å². The van der Waals surface area contributed by atoms with E-state index >= 15 is 0 Å². The predicted molar refractivity (Wildman–Crippen MR) is 51.5 cm³/mol. The van der Waals surface area contributed by atoms with Gasteiger partial charge >= 0.3 is 0 Å². The molecule has 0 spiro atoms. The highest BCUT2D eigenvalue weighted by Gasteiger charge is 1.95. The highest BCUT2D eigenvalue weighted by Crippen LogP contribution is 2.13. The highest BCUT2D eigenvalue weighted by atomic mass is 16.6.